The molecule has 2 aromatic heterocycles. The number of thiophene rings is 1. The second-order valence-electron chi connectivity index (χ2n) is 7.06. The second kappa shape index (κ2) is 7.50. The molecular formula is C21H20N2O4S. The van der Waals surface area contributed by atoms with Gasteiger partial charge >= 0.3 is 0 Å². The van der Waals surface area contributed by atoms with Crippen LogP contribution in [0.2, 0.25) is 0 Å². The fourth-order valence-electron chi connectivity index (χ4n) is 3.75. The number of hydrogen-bond acceptors (Lipinski definition) is 6. The standard InChI is InChI=1S/C21H20N2O4S/c24-21(15-5-7-28-13-15)23-9-19-20(10-23)26-12-16(11-25-19)27-18-3-1-2-14-8-22-6-4-17(14)18/h1-8,13,16,19-20H,9-12H2/t19-,20-/m0/s1. The molecule has 5 rings (SSSR count). The van der Waals surface area contributed by atoms with Crippen LogP contribution in [0.5, 0.6) is 5.75 Å². The maximum absolute atomic E-state index is 12.6. The van der Waals surface area contributed by atoms with E-state index in [0.717, 1.165) is 22.1 Å². The number of nitrogens with zero attached hydrogens (tertiary/aromatic N) is 2. The third kappa shape index (κ3) is 3.37. The van der Waals surface area contributed by atoms with Crippen LogP contribution < -0.4 is 4.74 Å². The Morgan fingerprint density at radius 1 is 1.14 bits per heavy atom. The monoisotopic (exact) mass is 396 g/mol. The number of aromatic nitrogens is 1. The van der Waals surface area contributed by atoms with E-state index >= 15 is 0 Å². The van der Waals surface area contributed by atoms with Crippen molar-refractivity contribution in [1.82, 2.24) is 9.88 Å². The summed E-state index contributed by atoms with van der Waals surface area (Å²) in [6, 6.07) is 9.73. The van der Waals surface area contributed by atoms with Crippen LogP contribution in [-0.4, -0.2) is 60.4 Å². The molecule has 1 amide bonds. The quantitative estimate of drug-likeness (QED) is 0.681. The van der Waals surface area contributed by atoms with E-state index in [1.54, 1.807) is 6.20 Å². The maximum Gasteiger partial charge on any atom is 0.254 e. The smallest absolute Gasteiger partial charge is 0.254 e. The molecule has 28 heavy (non-hydrogen) atoms. The number of fused-ring (bicyclic) bond motifs is 2. The van der Waals surface area contributed by atoms with E-state index in [0.29, 0.717) is 26.3 Å². The van der Waals surface area contributed by atoms with Crippen molar-refractivity contribution in [3.63, 3.8) is 0 Å². The summed E-state index contributed by atoms with van der Waals surface area (Å²) in [4.78, 5) is 18.5. The fourth-order valence-corrected chi connectivity index (χ4v) is 4.38. The summed E-state index contributed by atoms with van der Waals surface area (Å²) < 4.78 is 18.3. The van der Waals surface area contributed by atoms with Gasteiger partial charge in [-0.15, -0.1) is 0 Å². The molecule has 2 saturated heterocycles. The first kappa shape index (κ1) is 17.6. The Kier molecular flexibility index (Phi) is 4.72. The zero-order valence-corrected chi connectivity index (χ0v) is 16.0. The highest BCUT2D eigenvalue weighted by Crippen LogP contribution is 2.28. The molecular weight excluding hydrogens is 376 g/mol. The summed E-state index contributed by atoms with van der Waals surface area (Å²) in [5.41, 5.74) is 0.730. The molecule has 2 atom stereocenters. The van der Waals surface area contributed by atoms with Crippen molar-refractivity contribution in [2.24, 2.45) is 0 Å². The summed E-state index contributed by atoms with van der Waals surface area (Å²) in [5, 5.41) is 5.85. The number of rotatable bonds is 3. The molecule has 0 radical (unpaired) electrons. The van der Waals surface area contributed by atoms with Gasteiger partial charge in [-0.25, -0.2) is 0 Å². The highest BCUT2D eigenvalue weighted by atomic mass is 32.1. The normalized spacial score (nSPS) is 22.8. The zero-order chi connectivity index (χ0) is 18.9. The number of pyridine rings is 1. The molecule has 2 aliphatic rings. The molecule has 0 bridgehead atoms. The van der Waals surface area contributed by atoms with Gasteiger partial charge in [-0.2, -0.15) is 11.3 Å². The fraction of sp³-hybridized carbons (Fsp3) is 0.333. The highest BCUT2D eigenvalue weighted by Gasteiger charge is 2.40. The topological polar surface area (TPSA) is 60.9 Å². The lowest BCUT2D eigenvalue weighted by Crippen LogP contribution is -2.32. The predicted octanol–water partition coefficient (Wildman–Crippen LogP) is 2.98. The molecule has 6 nitrogen and oxygen atoms in total. The van der Waals surface area contributed by atoms with Crippen molar-refractivity contribution in [3.05, 3.63) is 59.0 Å². The largest absolute Gasteiger partial charge is 0.485 e. The van der Waals surface area contributed by atoms with Crippen LogP contribution in [0.3, 0.4) is 0 Å². The number of amides is 1. The van der Waals surface area contributed by atoms with E-state index in [-0.39, 0.29) is 24.2 Å². The zero-order valence-electron chi connectivity index (χ0n) is 15.2. The molecule has 0 unspecified atom stereocenters. The van der Waals surface area contributed by atoms with E-state index in [1.807, 2.05) is 52.2 Å². The Balaban J connectivity index is 1.24. The minimum Gasteiger partial charge on any atom is -0.485 e. The number of carbonyl (C=O) groups is 1. The van der Waals surface area contributed by atoms with Gasteiger partial charge in [0.2, 0.25) is 0 Å². The van der Waals surface area contributed by atoms with Gasteiger partial charge < -0.3 is 19.1 Å². The average Bonchev–Trinajstić information content (AvgIpc) is 3.37. The molecule has 1 aromatic carbocycles. The van der Waals surface area contributed by atoms with Crippen LogP contribution in [0.15, 0.2) is 53.5 Å². The Morgan fingerprint density at radius 2 is 1.96 bits per heavy atom. The third-order valence-corrected chi connectivity index (χ3v) is 5.88. The summed E-state index contributed by atoms with van der Waals surface area (Å²) in [5.74, 6) is 0.845. The van der Waals surface area contributed by atoms with Crippen molar-refractivity contribution in [2.45, 2.75) is 18.3 Å². The number of hydrogen-bond donors (Lipinski definition) is 0. The van der Waals surface area contributed by atoms with Gasteiger partial charge in [-0.05, 0) is 23.6 Å². The molecule has 2 fully saturated rings. The Hall–Kier alpha value is -2.48. The first-order chi connectivity index (χ1) is 13.8. The van der Waals surface area contributed by atoms with Gasteiger partial charge in [-0.3, -0.25) is 9.78 Å². The molecule has 0 spiro atoms. The molecule has 0 N–H and O–H groups in total. The van der Waals surface area contributed by atoms with Crippen molar-refractivity contribution in [2.75, 3.05) is 26.3 Å². The first-order valence-corrected chi connectivity index (χ1v) is 10.3. The van der Waals surface area contributed by atoms with Crippen LogP contribution >= 0.6 is 11.3 Å². The highest BCUT2D eigenvalue weighted by molar-refractivity contribution is 7.08. The van der Waals surface area contributed by atoms with E-state index in [1.165, 1.54) is 11.3 Å². The number of carbonyl (C=O) groups excluding carboxylic acids is 1. The Bertz CT molecular complexity index is 956. The number of likely N-dealkylation sites (tertiary alicyclic amines) is 1. The van der Waals surface area contributed by atoms with Crippen molar-refractivity contribution < 1.29 is 19.0 Å². The van der Waals surface area contributed by atoms with Crippen LogP contribution in [0.4, 0.5) is 0 Å². The lowest BCUT2D eigenvalue weighted by atomic mass is 10.1. The average molecular weight is 396 g/mol. The maximum atomic E-state index is 12.6. The Morgan fingerprint density at radius 3 is 2.71 bits per heavy atom. The third-order valence-electron chi connectivity index (χ3n) is 5.20. The van der Waals surface area contributed by atoms with E-state index in [4.69, 9.17) is 14.2 Å². The van der Waals surface area contributed by atoms with Gasteiger partial charge in [0.1, 0.15) is 24.1 Å². The first-order valence-electron chi connectivity index (χ1n) is 9.32. The lowest BCUT2D eigenvalue weighted by molar-refractivity contribution is -0.00461. The van der Waals surface area contributed by atoms with Gasteiger partial charge in [0.15, 0.2) is 0 Å². The van der Waals surface area contributed by atoms with E-state index < -0.39 is 0 Å². The lowest BCUT2D eigenvalue weighted by Gasteiger charge is -2.20. The van der Waals surface area contributed by atoms with Gasteiger partial charge in [0.05, 0.1) is 18.8 Å². The minimum absolute atomic E-state index is 0.0405. The summed E-state index contributed by atoms with van der Waals surface area (Å²) >= 11 is 1.53. The van der Waals surface area contributed by atoms with E-state index in [2.05, 4.69) is 4.98 Å². The molecule has 4 heterocycles. The van der Waals surface area contributed by atoms with Gasteiger partial charge in [0.25, 0.3) is 5.91 Å². The number of ether oxygens (including phenoxy) is 3. The van der Waals surface area contributed by atoms with Gasteiger partial charge in [0, 0.05) is 41.6 Å². The minimum atomic E-state index is -0.189. The van der Waals surface area contributed by atoms with E-state index in [9.17, 15) is 4.79 Å². The van der Waals surface area contributed by atoms with Crippen LogP contribution in [-0.2, 0) is 9.47 Å². The predicted molar refractivity (Wildman–Crippen MR) is 106 cm³/mol. The molecule has 7 heteroatoms. The molecule has 0 aliphatic carbocycles. The summed E-state index contributed by atoms with van der Waals surface area (Å²) in [6.07, 6.45) is 3.16. The van der Waals surface area contributed by atoms with Crippen LogP contribution in [0.1, 0.15) is 10.4 Å². The summed E-state index contributed by atoms with van der Waals surface area (Å²) in [7, 11) is 0. The molecule has 144 valence electrons. The molecule has 0 saturated carbocycles. The number of benzene rings is 1. The van der Waals surface area contributed by atoms with Crippen molar-refractivity contribution in [3.8, 4) is 5.75 Å². The van der Waals surface area contributed by atoms with Gasteiger partial charge in [-0.1, -0.05) is 12.1 Å². The summed E-state index contributed by atoms with van der Waals surface area (Å²) in [6.45, 7) is 1.96. The van der Waals surface area contributed by atoms with Crippen molar-refractivity contribution >= 4 is 28.0 Å². The SMILES string of the molecule is O=C(c1ccsc1)N1C[C@@H]2OCC(Oc3cccc4cnccc34)CO[C@H]2C1. The van der Waals surface area contributed by atoms with Crippen LogP contribution in [0, 0.1) is 0 Å². The second-order valence-corrected chi connectivity index (χ2v) is 7.84. The van der Waals surface area contributed by atoms with Crippen molar-refractivity contribution in [1.29, 1.82) is 0 Å². The molecule has 2 aliphatic heterocycles. The Labute approximate surface area is 166 Å². The van der Waals surface area contributed by atoms with Crippen LogP contribution in [0.25, 0.3) is 10.8 Å². The molecule has 3 aromatic rings.